The van der Waals surface area contributed by atoms with E-state index < -0.39 is 0 Å². The van der Waals surface area contributed by atoms with Gasteiger partial charge in [-0.25, -0.2) is 0 Å². The van der Waals surface area contributed by atoms with E-state index in [4.69, 9.17) is 9.47 Å². The van der Waals surface area contributed by atoms with Gasteiger partial charge in [-0.15, -0.1) is 0 Å². The first-order chi connectivity index (χ1) is 8.67. The van der Waals surface area contributed by atoms with Gasteiger partial charge in [0.2, 0.25) is 0 Å². The number of ether oxygens (including phenoxy) is 2. The second-order valence-corrected chi connectivity index (χ2v) is 6.09. The van der Waals surface area contributed by atoms with Gasteiger partial charge in [0.15, 0.2) is 0 Å². The van der Waals surface area contributed by atoms with Crippen LogP contribution >= 0.6 is 0 Å². The minimum Gasteiger partial charge on any atom is -0.381 e. The third-order valence-electron chi connectivity index (χ3n) is 3.81. The van der Waals surface area contributed by atoms with Gasteiger partial charge in [0.25, 0.3) is 0 Å². The van der Waals surface area contributed by atoms with Gasteiger partial charge in [0.05, 0.1) is 11.7 Å². The zero-order valence-electron chi connectivity index (χ0n) is 12.7. The molecule has 0 spiro atoms. The molecule has 1 saturated heterocycles. The van der Waals surface area contributed by atoms with Crippen molar-refractivity contribution in [2.24, 2.45) is 0 Å². The Balaban J connectivity index is 1.69. The van der Waals surface area contributed by atoms with Crippen LogP contribution in [0.25, 0.3) is 0 Å². The molecule has 0 aromatic rings. The fourth-order valence-electron chi connectivity index (χ4n) is 2.37. The lowest BCUT2D eigenvalue weighted by Crippen LogP contribution is -2.04. The summed E-state index contributed by atoms with van der Waals surface area (Å²) in [6.45, 7) is 8.45. The minimum atomic E-state index is 0.151. The number of hydrogen-bond donors (Lipinski definition) is 0. The van der Waals surface area contributed by atoms with Crippen LogP contribution in [0.2, 0.25) is 0 Å². The molecular formula is C16H32O2. The summed E-state index contributed by atoms with van der Waals surface area (Å²) >= 11 is 0. The van der Waals surface area contributed by atoms with Gasteiger partial charge in [-0.3, -0.25) is 0 Å². The SMILES string of the molecule is CCCCCCCCCOCCCC1OC1(C)C. The molecule has 2 nitrogen and oxygen atoms in total. The van der Waals surface area contributed by atoms with Gasteiger partial charge in [0.1, 0.15) is 0 Å². The zero-order chi connectivity index (χ0) is 13.3. The van der Waals surface area contributed by atoms with E-state index in [1.807, 2.05) is 0 Å². The average Bonchev–Trinajstić information content (AvgIpc) is 2.94. The highest BCUT2D eigenvalue weighted by molar-refractivity contribution is 4.94. The first-order valence-electron chi connectivity index (χ1n) is 7.92. The minimum absolute atomic E-state index is 0.151. The van der Waals surface area contributed by atoms with Gasteiger partial charge in [0, 0.05) is 13.2 Å². The van der Waals surface area contributed by atoms with E-state index in [9.17, 15) is 0 Å². The van der Waals surface area contributed by atoms with Crippen LogP contribution in [0, 0.1) is 0 Å². The molecule has 0 aromatic carbocycles. The summed E-state index contributed by atoms with van der Waals surface area (Å²) in [5.74, 6) is 0. The standard InChI is InChI=1S/C16H32O2/c1-4-5-6-7-8-9-10-13-17-14-11-12-15-16(2,3)18-15/h15H,4-14H2,1-3H3. The van der Waals surface area contributed by atoms with Crippen molar-refractivity contribution in [3.63, 3.8) is 0 Å². The Morgan fingerprint density at radius 1 is 0.889 bits per heavy atom. The van der Waals surface area contributed by atoms with E-state index >= 15 is 0 Å². The van der Waals surface area contributed by atoms with Gasteiger partial charge in [-0.2, -0.15) is 0 Å². The predicted octanol–water partition coefficient (Wildman–Crippen LogP) is 4.71. The van der Waals surface area contributed by atoms with E-state index in [1.54, 1.807) is 0 Å². The Labute approximate surface area is 113 Å². The topological polar surface area (TPSA) is 21.8 Å². The van der Waals surface area contributed by atoms with Crippen molar-refractivity contribution in [1.82, 2.24) is 0 Å². The van der Waals surface area contributed by atoms with E-state index in [0.717, 1.165) is 26.1 Å². The molecule has 1 aliphatic rings. The summed E-state index contributed by atoms with van der Waals surface area (Å²) in [5, 5.41) is 0. The van der Waals surface area contributed by atoms with Crippen LogP contribution in [0.5, 0.6) is 0 Å². The molecule has 0 saturated carbocycles. The summed E-state index contributed by atoms with van der Waals surface area (Å²) < 4.78 is 11.2. The molecule has 0 amide bonds. The molecule has 1 fully saturated rings. The maximum Gasteiger partial charge on any atom is 0.0892 e. The van der Waals surface area contributed by atoms with Gasteiger partial charge >= 0.3 is 0 Å². The van der Waals surface area contributed by atoms with E-state index in [2.05, 4.69) is 20.8 Å². The third kappa shape index (κ3) is 7.38. The second-order valence-electron chi connectivity index (χ2n) is 6.09. The van der Waals surface area contributed by atoms with Crippen LogP contribution in [-0.2, 0) is 9.47 Å². The molecule has 0 bridgehead atoms. The number of unbranched alkanes of at least 4 members (excludes halogenated alkanes) is 6. The summed E-state index contributed by atoms with van der Waals surface area (Å²) in [5.41, 5.74) is 0.151. The van der Waals surface area contributed by atoms with Crippen molar-refractivity contribution < 1.29 is 9.47 Å². The van der Waals surface area contributed by atoms with E-state index in [1.165, 1.54) is 44.9 Å². The third-order valence-corrected chi connectivity index (χ3v) is 3.81. The maximum atomic E-state index is 5.65. The molecular weight excluding hydrogens is 224 g/mol. The van der Waals surface area contributed by atoms with Crippen LogP contribution in [0.3, 0.4) is 0 Å². The molecule has 1 rings (SSSR count). The predicted molar refractivity (Wildman–Crippen MR) is 77.0 cm³/mol. The molecule has 0 N–H and O–H groups in total. The molecule has 0 aromatic heterocycles. The average molecular weight is 256 g/mol. The first-order valence-corrected chi connectivity index (χ1v) is 7.92. The van der Waals surface area contributed by atoms with Crippen LogP contribution in [0.1, 0.15) is 78.6 Å². The van der Waals surface area contributed by atoms with Crippen LogP contribution in [-0.4, -0.2) is 24.9 Å². The summed E-state index contributed by atoms with van der Waals surface area (Å²) in [6, 6.07) is 0. The number of rotatable bonds is 12. The highest BCUT2D eigenvalue weighted by atomic mass is 16.6. The summed E-state index contributed by atoms with van der Waals surface area (Å²) in [6.07, 6.45) is 12.3. The molecule has 0 radical (unpaired) electrons. The Morgan fingerprint density at radius 3 is 2.06 bits per heavy atom. The molecule has 1 atom stereocenters. The largest absolute Gasteiger partial charge is 0.381 e. The second kappa shape index (κ2) is 8.92. The molecule has 1 heterocycles. The maximum absolute atomic E-state index is 5.65. The number of epoxide rings is 1. The van der Waals surface area contributed by atoms with Crippen LogP contribution in [0.15, 0.2) is 0 Å². The smallest absolute Gasteiger partial charge is 0.0892 e. The molecule has 2 heteroatoms. The lowest BCUT2D eigenvalue weighted by Gasteiger charge is -2.04. The summed E-state index contributed by atoms with van der Waals surface area (Å²) in [4.78, 5) is 0. The zero-order valence-corrected chi connectivity index (χ0v) is 12.7. The molecule has 0 aliphatic carbocycles. The molecule has 1 aliphatic heterocycles. The first kappa shape index (κ1) is 16.0. The fraction of sp³-hybridized carbons (Fsp3) is 1.00. The Morgan fingerprint density at radius 2 is 1.44 bits per heavy atom. The van der Waals surface area contributed by atoms with Crippen molar-refractivity contribution in [3.05, 3.63) is 0 Å². The van der Waals surface area contributed by atoms with Gasteiger partial charge < -0.3 is 9.47 Å². The van der Waals surface area contributed by atoms with Crippen molar-refractivity contribution >= 4 is 0 Å². The van der Waals surface area contributed by atoms with Gasteiger partial charge in [-0.05, 0) is 33.1 Å². The van der Waals surface area contributed by atoms with Gasteiger partial charge in [-0.1, -0.05) is 45.4 Å². The van der Waals surface area contributed by atoms with Crippen molar-refractivity contribution in [2.45, 2.75) is 90.3 Å². The summed E-state index contributed by atoms with van der Waals surface area (Å²) in [7, 11) is 0. The normalized spacial score (nSPS) is 21.2. The molecule has 108 valence electrons. The monoisotopic (exact) mass is 256 g/mol. The Hall–Kier alpha value is -0.0800. The quantitative estimate of drug-likeness (QED) is 0.372. The molecule has 18 heavy (non-hydrogen) atoms. The lowest BCUT2D eigenvalue weighted by molar-refractivity contribution is 0.124. The highest BCUT2D eigenvalue weighted by Gasteiger charge is 2.46. The van der Waals surface area contributed by atoms with E-state index in [-0.39, 0.29) is 5.60 Å². The number of hydrogen-bond acceptors (Lipinski definition) is 2. The Kier molecular flexibility index (Phi) is 7.92. The van der Waals surface area contributed by atoms with Crippen molar-refractivity contribution in [3.8, 4) is 0 Å². The van der Waals surface area contributed by atoms with E-state index in [0.29, 0.717) is 6.10 Å². The van der Waals surface area contributed by atoms with Crippen LogP contribution < -0.4 is 0 Å². The van der Waals surface area contributed by atoms with Crippen LogP contribution in [0.4, 0.5) is 0 Å². The highest BCUT2D eigenvalue weighted by Crippen LogP contribution is 2.38. The lowest BCUT2D eigenvalue weighted by atomic mass is 10.1. The van der Waals surface area contributed by atoms with Crippen molar-refractivity contribution in [1.29, 1.82) is 0 Å². The van der Waals surface area contributed by atoms with Crippen molar-refractivity contribution in [2.75, 3.05) is 13.2 Å². The Bertz CT molecular complexity index is 201. The molecule has 1 unspecified atom stereocenters. The fourth-order valence-corrected chi connectivity index (χ4v) is 2.37.